The van der Waals surface area contributed by atoms with Crippen LogP contribution in [0.2, 0.25) is 0 Å². The fraction of sp³-hybridized carbons (Fsp3) is 0.364. The van der Waals surface area contributed by atoms with Crippen LogP contribution in [0.15, 0.2) is 18.2 Å². The second-order valence-corrected chi connectivity index (χ2v) is 4.23. The molecule has 3 N–H and O–H groups in total. The molecule has 0 atom stereocenters. The molecule has 1 aliphatic rings. The van der Waals surface area contributed by atoms with Crippen molar-refractivity contribution in [1.29, 1.82) is 0 Å². The van der Waals surface area contributed by atoms with E-state index in [1.54, 1.807) is 26.0 Å². The molecule has 0 spiro atoms. The summed E-state index contributed by atoms with van der Waals surface area (Å²) in [6, 6.07) is 5.36. The maximum absolute atomic E-state index is 11.6. The lowest BCUT2D eigenvalue weighted by atomic mass is 10.1. The molecule has 5 nitrogen and oxygen atoms in total. The number of hydrogen-bond donors (Lipinski definition) is 3. The first-order chi connectivity index (χ1) is 7.53. The largest absolute Gasteiger partial charge is 0.476 e. The Balaban J connectivity index is 2.34. The highest BCUT2D eigenvalue weighted by atomic mass is 16.5. The predicted molar refractivity (Wildman–Crippen MR) is 58.4 cm³/mol. The molecule has 5 heteroatoms. The summed E-state index contributed by atoms with van der Waals surface area (Å²) >= 11 is 0. The van der Waals surface area contributed by atoms with Crippen molar-refractivity contribution in [3.8, 4) is 5.75 Å². The number of hydrogen-bond acceptors (Lipinski definition) is 4. The van der Waals surface area contributed by atoms with Crippen molar-refractivity contribution < 1.29 is 14.7 Å². The molecule has 0 saturated heterocycles. The van der Waals surface area contributed by atoms with Crippen molar-refractivity contribution in [2.24, 2.45) is 0 Å². The van der Waals surface area contributed by atoms with Crippen molar-refractivity contribution in [2.75, 3.05) is 5.32 Å². The summed E-state index contributed by atoms with van der Waals surface area (Å²) in [5.74, 6) is 0.463. The third-order valence-electron chi connectivity index (χ3n) is 2.49. The SMILES string of the molecule is CC1(C)Oc2cc(CNO)ccc2NC1=O. The summed E-state index contributed by atoms with van der Waals surface area (Å²) in [5, 5.41) is 11.4. The van der Waals surface area contributed by atoms with Crippen LogP contribution in [-0.2, 0) is 11.3 Å². The van der Waals surface area contributed by atoms with E-state index in [4.69, 9.17) is 9.94 Å². The maximum Gasteiger partial charge on any atom is 0.268 e. The van der Waals surface area contributed by atoms with E-state index in [0.29, 0.717) is 18.0 Å². The average Bonchev–Trinajstić information content (AvgIpc) is 2.20. The zero-order valence-corrected chi connectivity index (χ0v) is 9.20. The molecule has 0 radical (unpaired) electrons. The topological polar surface area (TPSA) is 70.6 Å². The lowest BCUT2D eigenvalue weighted by Crippen LogP contribution is -2.45. The van der Waals surface area contributed by atoms with Gasteiger partial charge < -0.3 is 15.3 Å². The van der Waals surface area contributed by atoms with Gasteiger partial charge in [-0.3, -0.25) is 4.79 Å². The number of ether oxygens (including phenoxy) is 1. The molecule has 1 aromatic rings. The number of carbonyl (C=O) groups is 1. The van der Waals surface area contributed by atoms with Gasteiger partial charge in [0.15, 0.2) is 5.60 Å². The zero-order chi connectivity index (χ0) is 11.8. The Morgan fingerprint density at radius 2 is 2.25 bits per heavy atom. The highest BCUT2D eigenvalue weighted by Crippen LogP contribution is 2.34. The molecular weight excluding hydrogens is 208 g/mol. The van der Waals surface area contributed by atoms with Gasteiger partial charge in [0.2, 0.25) is 0 Å². The van der Waals surface area contributed by atoms with Gasteiger partial charge in [0.1, 0.15) is 5.75 Å². The molecule has 1 amide bonds. The second-order valence-electron chi connectivity index (χ2n) is 4.23. The number of rotatable bonds is 2. The van der Waals surface area contributed by atoms with Crippen molar-refractivity contribution in [2.45, 2.75) is 26.0 Å². The monoisotopic (exact) mass is 222 g/mol. The van der Waals surface area contributed by atoms with Crippen LogP contribution >= 0.6 is 0 Å². The summed E-state index contributed by atoms with van der Waals surface area (Å²) in [6.45, 7) is 3.76. The summed E-state index contributed by atoms with van der Waals surface area (Å²) in [5.41, 5.74) is 2.76. The van der Waals surface area contributed by atoms with E-state index < -0.39 is 5.60 Å². The van der Waals surface area contributed by atoms with Gasteiger partial charge in [0.25, 0.3) is 5.91 Å². The molecule has 0 aliphatic carbocycles. The quantitative estimate of drug-likeness (QED) is 0.659. The van der Waals surface area contributed by atoms with E-state index in [1.165, 1.54) is 0 Å². The van der Waals surface area contributed by atoms with E-state index in [-0.39, 0.29) is 5.91 Å². The molecule has 0 aromatic heterocycles. The summed E-state index contributed by atoms with van der Waals surface area (Å²) < 4.78 is 5.60. The molecule has 1 heterocycles. The van der Waals surface area contributed by atoms with Crippen LogP contribution in [0.3, 0.4) is 0 Å². The average molecular weight is 222 g/mol. The second kappa shape index (κ2) is 3.77. The van der Waals surface area contributed by atoms with Crippen molar-refractivity contribution in [3.63, 3.8) is 0 Å². The fourth-order valence-corrected chi connectivity index (χ4v) is 1.55. The Hall–Kier alpha value is -1.59. The van der Waals surface area contributed by atoms with Crippen LogP contribution in [0.5, 0.6) is 5.75 Å². The molecule has 16 heavy (non-hydrogen) atoms. The summed E-state index contributed by atoms with van der Waals surface area (Å²) in [6.07, 6.45) is 0. The normalized spacial score (nSPS) is 17.3. The minimum absolute atomic E-state index is 0.159. The summed E-state index contributed by atoms with van der Waals surface area (Å²) in [7, 11) is 0. The van der Waals surface area contributed by atoms with Gasteiger partial charge in [0.05, 0.1) is 5.69 Å². The lowest BCUT2D eigenvalue weighted by molar-refractivity contribution is -0.129. The van der Waals surface area contributed by atoms with Gasteiger partial charge >= 0.3 is 0 Å². The van der Waals surface area contributed by atoms with Crippen LogP contribution in [0.25, 0.3) is 0 Å². The van der Waals surface area contributed by atoms with Crippen LogP contribution in [-0.4, -0.2) is 16.7 Å². The molecular formula is C11H14N2O3. The molecule has 0 saturated carbocycles. The van der Waals surface area contributed by atoms with Gasteiger partial charge in [-0.05, 0) is 31.5 Å². The number of carbonyl (C=O) groups excluding carboxylic acids is 1. The molecule has 2 rings (SSSR count). The standard InChI is InChI=1S/C11H14N2O3/c1-11(2)10(14)13-8-4-3-7(6-12-15)5-9(8)16-11/h3-5,12,15H,6H2,1-2H3,(H,13,14). The Morgan fingerprint density at radius 1 is 1.50 bits per heavy atom. The fourth-order valence-electron chi connectivity index (χ4n) is 1.55. The first-order valence-corrected chi connectivity index (χ1v) is 5.03. The number of amides is 1. The van der Waals surface area contributed by atoms with Crippen LogP contribution in [0.1, 0.15) is 19.4 Å². The molecule has 1 aliphatic heterocycles. The number of fused-ring (bicyclic) bond motifs is 1. The maximum atomic E-state index is 11.6. The van der Waals surface area contributed by atoms with E-state index in [2.05, 4.69) is 10.8 Å². The highest BCUT2D eigenvalue weighted by molar-refractivity contribution is 6.00. The van der Waals surface area contributed by atoms with E-state index >= 15 is 0 Å². The van der Waals surface area contributed by atoms with E-state index in [9.17, 15) is 4.79 Å². The van der Waals surface area contributed by atoms with Crippen LogP contribution in [0.4, 0.5) is 5.69 Å². The smallest absolute Gasteiger partial charge is 0.268 e. The van der Waals surface area contributed by atoms with E-state index in [0.717, 1.165) is 5.56 Å². The Bertz CT molecular complexity index is 429. The molecule has 0 fully saturated rings. The minimum Gasteiger partial charge on any atom is -0.476 e. The van der Waals surface area contributed by atoms with Gasteiger partial charge in [-0.2, -0.15) is 0 Å². The molecule has 86 valence electrons. The highest BCUT2D eigenvalue weighted by Gasteiger charge is 2.35. The Labute approximate surface area is 93.4 Å². The van der Waals surface area contributed by atoms with Crippen molar-refractivity contribution >= 4 is 11.6 Å². The Kier molecular flexibility index (Phi) is 2.57. The molecule has 0 bridgehead atoms. The van der Waals surface area contributed by atoms with Gasteiger partial charge in [0, 0.05) is 6.54 Å². The number of hydroxylamine groups is 1. The first kappa shape index (κ1) is 10.9. The van der Waals surface area contributed by atoms with Gasteiger partial charge in [-0.15, -0.1) is 0 Å². The van der Waals surface area contributed by atoms with Gasteiger partial charge in [-0.25, -0.2) is 5.48 Å². The first-order valence-electron chi connectivity index (χ1n) is 5.03. The molecule has 1 aromatic carbocycles. The predicted octanol–water partition coefficient (Wildman–Crippen LogP) is 1.27. The Morgan fingerprint density at radius 3 is 2.94 bits per heavy atom. The third-order valence-corrected chi connectivity index (χ3v) is 2.49. The number of benzene rings is 1. The number of anilines is 1. The lowest BCUT2D eigenvalue weighted by Gasteiger charge is -2.31. The summed E-state index contributed by atoms with van der Waals surface area (Å²) in [4.78, 5) is 11.6. The third kappa shape index (κ3) is 1.87. The minimum atomic E-state index is -0.863. The molecule has 0 unspecified atom stereocenters. The van der Waals surface area contributed by atoms with Crippen molar-refractivity contribution in [1.82, 2.24) is 5.48 Å². The van der Waals surface area contributed by atoms with Crippen molar-refractivity contribution in [3.05, 3.63) is 23.8 Å². The number of nitrogens with one attached hydrogen (secondary N) is 2. The van der Waals surface area contributed by atoms with Crippen LogP contribution in [0, 0.1) is 0 Å². The van der Waals surface area contributed by atoms with E-state index in [1.807, 2.05) is 6.07 Å². The zero-order valence-electron chi connectivity index (χ0n) is 9.20. The van der Waals surface area contributed by atoms with Gasteiger partial charge in [-0.1, -0.05) is 6.07 Å². The van der Waals surface area contributed by atoms with Crippen LogP contribution < -0.4 is 15.5 Å².